The standard InChI is InChI=1S/C10H15BrN2O2S.ClH/c1-15-7-6-8(16-9(7)11)10(14)13-5-3-2-4-12;/h6H,2-5,12H2,1H3,(H,13,14);1H. The summed E-state index contributed by atoms with van der Waals surface area (Å²) in [6.07, 6.45) is 1.84. The number of thiophene rings is 1. The molecular formula is C10H16BrClN2O2S. The van der Waals surface area contributed by atoms with E-state index in [1.165, 1.54) is 11.3 Å². The summed E-state index contributed by atoms with van der Waals surface area (Å²) in [4.78, 5) is 12.3. The van der Waals surface area contributed by atoms with Crippen LogP contribution in [0.15, 0.2) is 9.85 Å². The van der Waals surface area contributed by atoms with Crippen molar-refractivity contribution in [1.29, 1.82) is 0 Å². The minimum atomic E-state index is -0.0639. The van der Waals surface area contributed by atoms with Gasteiger partial charge < -0.3 is 15.8 Å². The minimum Gasteiger partial charge on any atom is -0.495 e. The summed E-state index contributed by atoms with van der Waals surface area (Å²) in [6, 6.07) is 1.73. The van der Waals surface area contributed by atoms with Gasteiger partial charge in [-0.2, -0.15) is 0 Å². The first-order chi connectivity index (χ1) is 7.69. The summed E-state index contributed by atoms with van der Waals surface area (Å²) in [7, 11) is 1.58. The van der Waals surface area contributed by atoms with Crippen LogP contribution in [0.1, 0.15) is 22.5 Å². The number of methoxy groups -OCH3 is 1. The summed E-state index contributed by atoms with van der Waals surface area (Å²) in [5, 5.41) is 2.84. The lowest BCUT2D eigenvalue weighted by atomic mass is 10.3. The third kappa shape index (κ3) is 5.25. The van der Waals surface area contributed by atoms with Crippen LogP contribution in [0.5, 0.6) is 5.75 Å². The van der Waals surface area contributed by atoms with E-state index >= 15 is 0 Å². The number of carbonyl (C=O) groups is 1. The van der Waals surface area contributed by atoms with Crippen molar-refractivity contribution < 1.29 is 9.53 Å². The molecular weight excluding hydrogens is 328 g/mol. The van der Waals surface area contributed by atoms with Crippen LogP contribution in [0, 0.1) is 0 Å². The van der Waals surface area contributed by atoms with E-state index in [0.29, 0.717) is 23.7 Å². The van der Waals surface area contributed by atoms with Gasteiger partial charge in [-0.3, -0.25) is 4.79 Å². The van der Waals surface area contributed by atoms with Crippen LogP contribution in [0.2, 0.25) is 0 Å². The molecule has 1 aromatic heterocycles. The van der Waals surface area contributed by atoms with E-state index < -0.39 is 0 Å². The van der Waals surface area contributed by atoms with Gasteiger partial charge in [-0.05, 0) is 35.3 Å². The van der Waals surface area contributed by atoms with Crippen LogP contribution in [-0.4, -0.2) is 26.1 Å². The quantitative estimate of drug-likeness (QED) is 0.780. The summed E-state index contributed by atoms with van der Waals surface area (Å²) >= 11 is 4.70. The zero-order valence-corrected chi connectivity index (χ0v) is 12.7. The van der Waals surface area contributed by atoms with E-state index in [2.05, 4.69) is 21.2 Å². The van der Waals surface area contributed by atoms with E-state index in [0.717, 1.165) is 16.6 Å². The average Bonchev–Trinajstić information content (AvgIpc) is 2.66. The van der Waals surface area contributed by atoms with Gasteiger partial charge in [0.1, 0.15) is 9.54 Å². The van der Waals surface area contributed by atoms with Gasteiger partial charge in [0, 0.05) is 12.6 Å². The largest absolute Gasteiger partial charge is 0.495 e. The van der Waals surface area contributed by atoms with Crippen molar-refractivity contribution in [2.45, 2.75) is 12.8 Å². The van der Waals surface area contributed by atoms with Gasteiger partial charge in [0.25, 0.3) is 5.91 Å². The van der Waals surface area contributed by atoms with Crippen LogP contribution in [0.25, 0.3) is 0 Å². The Hall–Kier alpha value is -0.300. The highest BCUT2D eigenvalue weighted by atomic mass is 79.9. The number of ether oxygens (including phenoxy) is 1. The number of nitrogens with one attached hydrogen (secondary N) is 1. The average molecular weight is 344 g/mol. The molecule has 0 aliphatic rings. The van der Waals surface area contributed by atoms with Gasteiger partial charge in [0.05, 0.1) is 12.0 Å². The molecule has 4 nitrogen and oxygen atoms in total. The Morgan fingerprint density at radius 1 is 1.59 bits per heavy atom. The molecule has 0 aliphatic carbocycles. The zero-order valence-electron chi connectivity index (χ0n) is 9.49. The fourth-order valence-corrected chi connectivity index (χ4v) is 2.73. The fraction of sp³-hybridized carbons (Fsp3) is 0.500. The number of hydrogen-bond acceptors (Lipinski definition) is 4. The molecule has 7 heteroatoms. The third-order valence-corrected chi connectivity index (χ3v) is 3.80. The van der Waals surface area contributed by atoms with E-state index in [1.807, 2.05) is 0 Å². The molecule has 1 heterocycles. The molecule has 0 spiro atoms. The molecule has 0 fully saturated rings. The lowest BCUT2D eigenvalue weighted by Gasteiger charge is -2.01. The van der Waals surface area contributed by atoms with Gasteiger partial charge >= 0.3 is 0 Å². The Morgan fingerprint density at radius 2 is 2.29 bits per heavy atom. The number of amides is 1. The predicted molar refractivity (Wildman–Crippen MR) is 76.4 cm³/mol. The summed E-state index contributed by atoms with van der Waals surface area (Å²) in [5.41, 5.74) is 5.36. The molecule has 0 aliphatic heterocycles. The molecule has 0 unspecified atom stereocenters. The number of rotatable bonds is 6. The molecule has 1 aromatic rings. The number of unbranched alkanes of at least 4 members (excludes halogenated alkanes) is 1. The normalized spacial score (nSPS) is 9.59. The highest BCUT2D eigenvalue weighted by Crippen LogP contribution is 2.34. The molecule has 1 amide bonds. The van der Waals surface area contributed by atoms with Crippen molar-refractivity contribution in [3.05, 3.63) is 14.7 Å². The van der Waals surface area contributed by atoms with Crippen LogP contribution in [-0.2, 0) is 0 Å². The third-order valence-electron chi connectivity index (χ3n) is 2.02. The molecule has 0 aromatic carbocycles. The maximum Gasteiger partial charge on any atom is 0.261 e. The Labute approximate surface area is 119 Å². The second kappa shape index (κ2) is 8.74. The Balaban J connectivity index is 0.00000256. The van der Waals surface area contributed by atoms with Crippen molar-refractivity contribution in [2.24, 2.45) is 5.73 Å². The molecule has 0 radical (unpaired) electrons. The summed E-state index contributed by atoms with van der Waals surface area (Å²) in [6.45, 7) is 1.32. The number of halogens is 2. The molecule has 0 atom stereocenters. The van der Waals surface area contributed by atoms with Crippen molar-refractivity contribution in [1.82, 2.24) is 5.32 Å². The Bertz CT molecular complexity index is 360. The van der Waals surface area contributed by atoms with Crippen LogP contribution in [0.4, 0.5) is 0 Å². The summed E-state index contributed by atoms with van der Waals surface area (Å²) < 4.78 is 5.92. The van der Waals surface area contributed by atoms with E-state index in [-0.39, 0.29) is 18.3 Å². The number of nitrogens with two attached hydrogens (primary N) is 1. The summed E-state index contributed by atoms with van der Waals surface area (Å²) in [5.74, 6) is 0.628. The zero-order chi connectivity index (χ0) is 12.0. The lowest BCUT2D eigenvalue weighted by Crippen LogP contribution is -2.23. The smallest absolute Gasteiger partial charge is 0.261 e. The monoisotopic (exact) mass is 342 g/mol. The van der Waals surface area contributed by atoms with E-state index in [1.54, 1.807) is 13.2 Å². The van der Waals surface area contributed by atoms with E-state index in [4.69, 9.17) is 10.5 Å². The van der Waals surface area contributed by atoms with Gasteiger partial charge in [-0.25, -0.2) is 0 Å². The van der Waals surface area contributed by atoms with Gasteiger partial charge in [-0.1, -0.05) is 0 Å². The molecule has 1 rings (SSSR count). The molecule has 98 valence electrons. The van der Waals surface area contributed by atoms with Crippen molar-refractivity contribution in [3.63, 3.8) is 0 Å². The highest BCUT2D eigenvalue weighted by molar-refractivity contribution is 9.11. The topological polar surface area (TPSA) is 64.3 Å². The van der Waals surface area contributed by atoms with Crippen molar-refractivity contribution in [2.75, 3.05) is 20.2 Å². The van der Waals surface area contributed by atoms with Gasteiger partial charge in [-0.15, -0.1) is 23.7 Å². The number of hydrogen-bond donors (Lipinski definition) is 2. The highest BCUT2D eigenvalue weighted by Gasteiger charge is 2.12. The van der Waals surface area contributed by atoms with Crippen molar-refractivity contribution in [3.8, 4) is 5.75 Å². The molecule has 17 heavy (non-hydrogen) atoms. The Morgan fingerprint density at radius 3 is 2.82 bits per heavy atom. The first-order valence-corrected chi connectivity index (χ1v) is 6.61. The molecule has 0 bridgehead atoms. The maximum atomic E-state index is 11.7. The maximum absolute atomic E-state index is 11.7. The molecule has 0 saturated carbocycles. The second-order valence-corrected chi connectivity index (χ2v) is 5.57. The van der Waals surface area contributed by atoms with E-state index in [9.17, 15) is 4.79 Å². The minimum absolute atomic E-state index is 0. The molecule has 0 saturated heterocycles. The van der Waals surface area contributed by atoms with Crippen LogP contribution < -0.4 is 15.8 Å². The number of carbonyl (C=O) groups excluding carboxylic acids is 1. The lowest BCUT2D eigenvalue weighted by molar-refractivity contribution is 0.0957. The van der Waals surface area contributed by atoms with Gasteiger partial charge in [0.15, 0.2) is 0 Å². The SMILES string of the molecule is COc1cc(C(=O)NCCCCN)sc1Br.Cl. The van der Waals surface area contributed by atoms with Crippen molar-refractivity contribution >= 4 is 45.6 Å². The van der Waals surface area contributed by atoms with Gasteiger partial charge in [0.2, 0.25) is 0 Å². The fourth-order valence-electron chi connectivity index (χ4n) is 1.16. The molecule has 3 N–H and O–H groups in total. The predicted octanol–water partition coefficient (Wildman–Crippen LogP) is 2.41. The Kier molecular flexibility index (Phi) is 8.59. The first-order valence-electron chi connectivity index (χ1n) is 5.00. The first kappa shape index (κ1) is 16.7. The van der Waals surface area contributed by atoms with Crippen LogP contribution >= 0.6 is 39.7 Å². The van der Waals surface area contributed by atoms with Crippen LogP contribution in [0.3, 0.4) is 0 Å². The second-order valence-electron chi connectivity index (χ2n) is 3.20.